The predicted molar refractivity (Wildman–Crippen MR) is 124 cm³/mol. The largest absolute Gasteiger partial charge is 0.456 e. The summed E-state index contributed by atoms with van der Waals surface area (Å²) in [7, 11) is 1.96. The molecule has 0 fully saturated rings. The minimum Gasteiger partial charge on any atom is -0.456 e. The van der Waals surface area contributed by atoms with Gasteiger partial charge < -0.3 is 4.42 Å². The fraction of sp³-hybridized carbons (Fsp3) is 0.333. The van der Waals surface area contributed by atoms with E-state index in [9.17, 15) is 0 Å². The molecule has 2 heterocycles. The summed E-state index contributed by atoms with van der Waals surface area (Å²) in [6.45, 7) is 14.0. The zero-order chi connectivity index (χ0) is 26.1. The van der Waals surface area contributed by atoms with E-state index in [2.05, 4.69) is 4.85 Å². The molecule has 152 valence electrons. The summed E-state index contributed by atoms with van der Waals surface area (Å²) >= 11 is 0. The Kier molecular flexibility index (Phi) is 3.60. The molecule has 0 aliphatic carbocycles. The van der Waals surface area contributed by atoms with E-state index >= 15 is 0 Å². The highest BCUT2D eigenvalue weighted by Crippen LogP contribution is 2.42. The molecule has 0 radical (unpaired) electrons. The van der Waals surface area contributed by atoms with Gasteiger partial charge in [-0.1, -0.05) is 51.9 Å². The lowest BCUT2D eigenvalue weighted by atomic mass is 9.95. The van der Waals surface area contributed by atoms with Gasteiger partial charge in [0, 0.05) is 42.2 Å². The molecule has 1 atom stereocenters. The van der Waals surface area contributed by atoms with Gasteiger partial charge in [0.05, 0.1) is 12.1 Å². The summed E-state index contributed by atoms with van der Waals surface area (Å²) in [4.78, 5) is 3.53. The maximum atomic E-state index is 8.75. The van der Waals surface area contributed by atoms with Gasteiger partial charge in [-0.15, -0.1) is 0 Å². The first-order chi connectivity index (χ1) is 16.1. The minimum atomic E-state index is -2.66. The molecule has 3 nitrogen and oxygen atoms in total. The molecular weight excluding hydrogens is 368 g/mol. The van der Waals surface area contributed by atoms with Crippen molar-refractivity contribution in [1.82, 2.24) is 0 Å². The van der Waals surface area contributed by atoms with E-state index in [0.29, 0.717) is 11.0 Å². The van der Waals surface area contributed by atoms with Crippen LogP contribution < -0.4 is 4.57 Å². The van der Waals surface area contributed by atoms with Crippen molar-refractivity contribution in [1.29, 1.82) is 0 Å². The van der Waals surface area contributed by atoms with Crippen molar-refractivity contribution in [3.05, 3.63) is 70.2 Å². The first-order valence-corrected chi connectivity index (χ1v) is 9.98. The van der Waals surface area contributed by atoms with Crippen LogP contribution in [0.1, 0.15) is 68.6 Å². The Morgan fingerprint density at radius 1 is 1.03 bits per heavy atom. The monoisotopic (exact) mass is 402 g/mol. The van der Waals surface area contributed by atoms with Gasteiger partial charge in [-0.05, 0) is 29.8 Å². The van der Waals surface area contributed by atoms with Crippen LogP contribution in [0.5, 0.6) is 0 Å². The van der Waals surface area contributed by atoms with Crippen LogP contribution >= 0.6 is 0 Å². The summed E-state index contributed by atoms with van der Waals surface area (Å²) in [5, 5.41) is 1.45. The van der Waals surface area contributed by atoms with E-state index < -0.39 is 18.6 Å². The predicted octanol–water partition coefficient (Wildman–Crippen LogP) is 7.49. The van der Waals surface area contributed by atoms with Gasteiger partial charge in [-0.25, -0.2) is 4.85 Å². The molecule has 4 aromatic rings. The zero-order valence-electron chi connectivity index (χ0n) is 23.3. The number of furan rings is 1. The van der Waals surface area contributed by atoms with Crippen molar-refractivity contribution in [2.75, 3.05) is 0 Å². The lowest BCUT2D eigenvalue weighted by Crippen LogP contribution is -2.35. The van der Waals surface area contributed by atoms with Crippen molar-refractivity contribution in [3.63, 3.8) is 0 Å². The molecule has 0 spiro atoms. The third-order valence-electron chi connectivity index (χ3n) is 5.87. The van der Waals surface area contributed by atoms with Gasteiger partial charge >= 0.3 is 0 Å². The first kappa shape index (κ1) is 14.8. The van der Waals surface area contributed by atoms with Crippen LogP contribution in [-0.4, -0.2) is 0 Å². The number of aromatic nitrogens is 1. The van der Waals surface area contributed by atoms with E-state index in [1.807, 2.05) is 63.6 Å². The summed E-state index contributed by atoms with van der Waals surface area (Å²) in [5.74, 6) is -2.83. The molecule has 0 saturated heterocycles. The molecule has 0 saturated carbocycles. The molecule has 0 amide bonds. The third kappa shape index (κ3) is 2.99. The average Bonchev–Trinajstić information content (AvgIpc) is 3.11. The van der Waals surface area contributed by atoms with Gasteiger partial charge in [-0.3, -0.25) is 0 Å². The van der Waals surface area contributed by atoms with E-state index in [1.54, 1.807) is 12.1 Å². The molecule has 4 rings (SSSR count). The van der Waals surface area contributed by atoms with Crippen molar-refractivity contribution in [2.24, 2.45) is 7.05 Å². The lowest BCUT2D eigenvalue weighted by Gasteiger charge is -2.11. The number of nitrogens with zero attached hydrogens (tertiary/aromatic N) is 2. The molecule has 0 bridgehead atoms. The Balaban J connectivity index is 2.18. The number of fused-ring (bicyclic) bond motifs is 3. The highest BCUT2D eigenvalue weighted by atomic mass is 16.3. The second-order valence-corrected chi connectivity index (χ2v) is 8.14. The Hall–Kier alpha value is -3.12. The van der Waals surface area contributed by atoms with Crippen molar-refractivity contribution >= 4 is 27.6 Å². The number of aryl methyl sites for hydroxylation is 2. The zero-order valence-corrected chi connectivity index (χ0v) is 18.3. The van der Waals surface area contributed by atoms with Crippen molar-refractivity contribution in [2.45, 2.75) is 53.3 Å². The molecule has 2 aromatic heterocycles. The molecule has 30 heavy (non-hydrogen) atoms. The number of hydrogen-bond donors (Lipinski definition) is 0. The maximum Gasteiger partial charge on any atom is 0.216 e. The second-order valence-electron chi connectivity index (χ2n) is 8.14. The number of hydrogen-bond acceptors (Lipinski definition) is 1. The Morgan fingerprint density at radius 2 is 1.73 bits per heavy atom. The summed E-state index contributed by atoms with van der Waals surface area (Å²) in [5.41, 5.74) is 5.53. The van der Waals surface area contributed by atoms with Gasteiger partial charge in [0.1, 0.15) is 18.2 Å². The van der Waals surface area contributed by atoms with E-state index in [1.165, 1.54) is 6.92 Å². The number of pyridine rings is 1. The average molecular weight is 403 g/mol. The minimum absolute atomic E-state index is 0.0754. The van der Waals surface area contributed by atoms with Crippen LogP contribution in [0.4, 0.5) is 5.69 Å². The summed E-state index contributed by atoms with van der Waals surface area (Å²) in [6, 6.07) is 11.3. The molecule has 0 N–H and O–H groups in total. The Morgan fingerprint density at radius 3 is 2.40 bits per heavy atom. The highest BCUT2D eigenvalue weighted by molar-refractivity contribution is 6.11. The van der Waals surface area contributed by atoms with Crippen LogP contribution in [0.3, 0.4) is 0 Å². The van der Waals surface area contributed by atoms with Crippen LogP contribution in [0, 0.1) is 20.4 Å². The maximum absolute atomic E-state index is 8.75. The van der Waals surface area contributed by atoms with E-state index in [-0.39, 0.29) is 16.8 Å². The van der Waals surface area contributed by atoms with Crippen molar-refractivity contribution < 1.29 is 15.8 Å². The quantitative estimate of drug-likeness (QED) is 0.257. The fourth-order valence-corrected chi connectivity index (χ4v) is 4.09. The van der Waals surface area contributed by atoms with Crippen LogP contribution in [-0.2, 0) is 7.05 Å². The standard InChI is InChI=1S/C27H29N2O/c1-15(2)19-13-18(6)29(8)23(14-19)25-17(5)9-10-20-21-11-12-22(28-7)24(16(3)4)26(21)30-27(20)25/h9-16H,1-6,8H3/q+1/i3D3,15D,16D. The topological polar surface area (TPSA) is 21.4 Å². The SMILES string of the molecule is [2H]C(C)(C)c1cc(C)[n+](C)c(-c2c(C)ccc3c2oc2c(C([2H])(C)C([2H])([2H])[2H])c([N+]#[C-])ccc23)c1. The van der Waals surface area contributed by atoms with Gasteiger partial charge in [0.15, 0.2) is 11.4 Å². The summed E-state index contributed by atoms with van der Waals surface area (Å²) in [6.07, 6.45) is 0. The Labute approximate surface area is 185 Å². The van der Waals surface area contributed by atoms with E-state index in [4.69, 9.17) is 17.8 Å². The van der Waals surface area contributed by atoms with Gasteiger partial charge in [0.25, 0.3) is 0 Å². The molecule has 2 aromatic carbocycles. The van der Waals surface area contributed by atoms with Crippen LogP contribution in [0.15, 0.2) is 40.8 Å². The molecular formula is C27H29N2O+. The van der Waals surface area contributed by atoms with Crippen molar-refractivity contribution in [3.8, 4) is 11.3 Å². The fourth-order valence-electron chi connectivity index (χ4n) is 4.09. The smallest absolute Gasteiger partial charge is 0.216 e. The molecule has 0 aliphatic rings. The second kappa shape index (κ2) is 7.29. The first-order valence-electron chi connectivity index (χ1n) is 12.5. The lowest BCUT2D eigenvalue weighted by molar-refractivity contribution is -0.666. The number of rotatable bonds is 3. The number of benzene rings is 2. The third-order valence-corrected chi connectivity index (χ3v) is 5.87. The normalized spacial score (nSPS) is 16.9. The Bertz CT molecular complexity index is 1530. The molecule has 0 aliphatic heterocycles. The van der Waals surface area contributed by atoms with Crippen LogP contribution in [0.2, 0.25) is 0 Å². The van der Waals surface area contributed by atoms with Gasteiger partial charge in [-0.2, -0.15) is 4.57 Å². The molecule has 1 unspecified atom stereocenters. The van der Waals surface area contributed by atoms with E-state index in [0.717, 1.165) is 33.5 Å². The molecule has 3 heteroatoms. The highest BCUT2D eigenvalue weighted by Gasteiger charge is 2.25. The van der Waals surface area contributed by atoms with Crippen LogP contribution in [0.25, 0.3) is 38.0 Å². The summed E-state index contributed by atoms with van der Waals surface area (Å²) < 4.78 is 49.7. The van der Waals surface area contributed by atoms with Gasteiger partial charge in [0.2, 0.25) is 5.69 Å².